The Hall–Kier alpha value is -4.55. The SMILES string of the molecule is CC(C)C(=O)OCc1ccc(NC(=O)[C@H](CCCNC(N)=O)CC(=O)[C@H](NC(=O)CN2C(=O)C=CC2=O)C(C)C)cc1. The maximum Gasteiger partial charge on any atom is 0.312 e. The molecule has 0 aliphatic carbocycles. The van der Waals surface area contributed by atoms with Crippen LogP contribution < -0.4 is 21.7 Å². The van der Waals surface area contributed by atoms with Crippen LogP contribution in [0.1, 0.15) is 52.5 Å². The molecule has 0 saturated carbocycles. The standard InChI is InChI=1S/C29H39N5O8/c1-17(2)26(33-23(36)15-34-24(37)11-12-25(34)38)22(35)14-20(6-5-13-31-29(30)41)27(39)32-21-9-7-19(8-10-21)16-42-28(40)18(3)4/h7-12,17-18,20,26H,5-6,13-16H2,1-4H3,(H,32,39)(H,33,36)(H3,30,31,41)/t20-,26-/m1/s1. The van der Waals surface area contributed by atoms with Gasteiger partial charge in [0.05, 0.1) is 12.0 Å². The number of imide groups is 1. The van der Waals surface area contributed by atoms with Crippen molar-refractivity contribution in [2.45, 2.75) is 59.6 Å². The fourth-order valence-corrected chi connectivity index (χ4v) is 4.07. The van der Waals surface area contributed by atoms with E-state index in [0.717, 1.165) is 22.6 Å². The molecule has 1 heterocycles. The van der Waals surface area contributed by atoms with E-state index in [1.807, 2.05) is 0 Å². The first kappa shape index (κ1) is 33.7. The third-order valence-electron chi connectivity index (χ3n) is 6.45. The van der Waals surface area contributed by atoms with Crippen LogP contribution in [-0.4, -0.2) is 65.4 Å². The van der Waals surface area contributed by atoms with E-state index in [-0.39, 0.29) is 43.8 Å². The number of ether oxygens (including phenoxy) is 1. The van der Waals surface area contributed by atoms with E-state index >= 15 is 0 Å². The zero-order chi connectivity index (χ0) is 31.4. The smallest absolute Gasteiger partial charge is 0.312 e. The molecular formula is C29H39N5O8. The van der Waals surface area contributed by atoms with Crippen LogP contribution in [0.25, 0.3) is 0 Å². The summed E-state index contributed by atoms with van der Waals surface area (Å²) in [5, 5.41) is 7.83. The Morgan fingerprint density at radius 1 is 0.952 bits per heavy atom. The summed E-state index contributed by atoms with van der Waals surface area (Å²) < 4.78 is 5.21. The molecule has 1 aromatic carbocycles. The van der Waals surface area contributed by atoms with Gasteiger partial charge in [-0.2, -0.15) is 0 Å². The highest BCUT2D eigenvalue weighted by atomic mass is 16.5. The third kappa shape index (κ3) is 10.8. The number of benzene rings is 1. The number of amides is 6. The van der Waals surface area contributed by atoms with E-state index < -0.39 is 53.9 Å². The van der Waals surface area contributed by atoms with Gasteiger partial charge in [0.1, 0.15) is 13.2 Å². The normalized spacial score (nSPS) is 14.1. The Bertz CT molecular complexity index is 1190. The number of ketones is 1. The molecule has 228 valence electrons. The molecule has 0 fully saturated rings. The molecule has 5 N–H and O–H groups in total. The summed E-state index contributed by atoms with van der Waals surface area (Å²) in [7, 11) is 0. The molecule has 2 rings (SSSR count). The first-order valence-corrected chi connectivity index (χ1v) is 13.7. The van der Waals surface area contributed by atoms with Gasteiger partial charge in [-0.1, -0.05) is 39.8 Å². The maximum atomic E-state index is 13.3. The summed E-state index contributed by atoms with van der Waals surface area (Å²) in [5.74, 6) is -4.47. The molecule has 1 aliphatic rings. The Balaban J connectivity index is 2.07. The van der Waals surface area contributed by atoms with Crippen molar-refractivity contribution in [3.05, 3.63) is 42.0 Å². The van der Waals surface area contributed by atoms with Gasteiger partial charge in [-0.05, 0) is 36.5 Å². The molecule has 42 heavy (non-hydrogen) atoms. The number of hydrogen-bond acceptors (Lipinski definition) is 8. The highest BCUT2D eigenvalue weighted by molar-refractivity contribution is 6.14. The number of nitrogens with zero attached hydrogens (tertiary/aromatic N) is 1. The van der Waals surface area contributed by atoms with E-state index in [2.05, 4.69) is 16.0 Å². The van der Waals surface area contributed by atoms with Crippen LogP contribution in [0.4, 0.5) is 10.5 Å². The van der Waals surface area contributed by atoms with Crippen molar-refractivity contribution in [1.29, 1.82) is 0 Å². The van der Waals surface area contributed by atoms with Crippen LogP contribution in [0.5, 0.6) is 0 Å². The second kappa shape index (κ2) is 16.0. The van der Waals surface area contributed by atoms with Gasteiger partial charge in [0.15, 0.2) is 5.78 Å². The van der Waals surface area contributed by atoms with E-state index in [4.69, 9.17) is 10.5 Å². The molecule has 0 radical (unpaired) electrons. The van der Waals surface area contributed by atoms with Crippen LogP contribution in [0.2, 0.25) is 0 Å². The third-order valence-corrected chi connectivity index (χ3v) is 6.45. The van der Waals surface area contributed by atoms with E-state index in [9.17, 15) is 33.6 Å². The van der Waals surface area contributed by atoms with Gasteiger partial charge >= 0.3 is 12.0 Å². The summed E-state index contributed by atoms with van der Waals surface area (Å²) in [6.45, 7) is 6.68. The average molecular weight is 586 g/mol. The summed E-state index contributed by atoms with van der Waals surface area (Å²) in [6, 6.07) is 5.03. The number of nitrogens with one attached hydrogen (secondary N) is 3. The van der Waals surface area contributed by atoms with Gasteiger partial charge < -0.3 is 26.4 Å². The molecule has 13 heteroatoms. The van der Waals surface area contributed by atoms with Gasteiger partial charge in [0.25, 0.3) is 11.8 Å². The molecule has 6 amide bonds. The van der Waals surface area contributed by atoms with Gasteiger partial charge in [-0.15, -0.1) is 0 Å². The first-order chi connectivity index (χ1) is 19.8. The Labute approximate surface area is 244 Å². The fraction of sp³-hybridized carbons (Fsp3) is 0.483. The molecule has 0 aromatic heterocycles. The highest BCUT2D eigenvalue weighted by Gasteiger charge is 2.31. The average Bonchev–Trinajstić information content (AvgIpc) is 3.24. The lowest BCUT2D eigenvalue weighted by Crippen LogP contribution is -2.49. The molecule has 2 atom stereocenters. The largest absolute Gasteiger partial charge is 0.461 e. The first-order valence-electron chi connectivity index (χ1n) is 13.7. The molecule has 0 unspecified atom stereocenters. The van der Waals surface area contributed by atoms with Crippen molar-refractivity contribution >= 4 is 47.1 Å². The van der Waals surface area contributed by atoms with Crippen LogP contribution >= 0.6 is 0 Å². The van der Waals surface area contributed by atoms with Crippen molar-refractivity contribution in [2.24, 2.45) is 23.5 Å². The summed E-state index contributed by atoms with van der Waals surface area (Å²) in [4.78, 5) is 86.2. The number of urea groups is 1. The Morgan fingerprint density at radius 3 is 2.12 bits per heavy atom. The molecule has 0 saturated heterocycles. The summed E-state index contributed by atoms with van der Waals surface area (Å²) in [5.41, 5.74) is 6.31. The number of hydrogen-bond donors (Lipinski definition) is 4. The topological polar surface area (TPSA) is 194 Å². The van der Waals surface area contributed by atoms with E-state index in [1.54, 1.807) is 52.0 Å². The van der Waals surface area contributed by atoms with Gasteiger partial charge in [0, 0.05) is 36.7 Å². The van der Waals surface area contributed by atoms with E-state index in [0.29, 0.717) is 12.1 Å². The van der Waals surface area contributed by atoms with Crippen molar-refractivity contribution in [1.82, 2.24) is 15.5 Å². The Morgan fingerprint density at radius 2 is 1.57 bits per heavy atom. The van der Waals surface area contributed by atoms with Gasteiger partial charge in [-0.3, -0.25) is 33.7 Å². The molecule has 1 aliphatic heterocycles. The minimum atomic E-state index is -0.967. The minimum absolute atomic E-state index is 0.0914. The highest BCUT2D eigenvalue weighted by Crippen LogP contribution is 2.20. The lowest BCUT2D eigenvalue weighted by molar-refractivity contribution is -0.148. The van der Waals surface area contributed by atoms with Gasteiger partial charge in [-0.25, -0.2) is 4.79 Å². The zero-order valence-corrected chi connectivity index (χ0v) is 24.3. The molecular weight excluding hydrogens is 546 g/mol. The number of Topliss-reactive ketones (excluding diaryl/α,β-unsaturated/α-hetero) is 1. The lowest BCUT2D eigenvalue weighted by atomic mass is 9.89. The van der Waals surface area contributed by atoms with Crippen LogP contribution in [0.15, 0.2) is 36.4 Å². The second-order valence-corrected chi connectivity index (χ2v) is 10.6. The van der Waals surface area contributed by atoms with Crippen molar-refractivity contribution in [2.75, 3.05) is 18.4 Å². The lowest BCUT2D eigenvalue weighted by Gasteiger charge is -2.25. The van der Waals surface area contributed by atoms with Crippen LogP contribution in [0.3, 0.4) is 0 Å². The van der Waals surface area contributed by atoms with Crippen LogP contribution in [0, 0.1) is 17.8 Å². The minimum Gasteiger partial charge on any atom is -0.461 e. The quantitative estimate of drug-likeness (QED) is 0.127. The maximum absolute atomic E-state index is 13.3. The Kier molecular flexibility index (Phi) is 12.8. The zero-order valence-electron chi connectivity index (χ0n) is 24.3. The monoisotopic (exact) mass is 585 g/mol. The van der Waals surface area contributed by atoms with E-state index in [1.165, 1.54) is 0 Å². The number of primary amides is 1. The predicted octanol–water partition coefficient (Wildman–Crippen LogP) is 1.41. The number of esters is 1. The fourth-order valence-electron chi connectivity index (χ4n) is 4.07. The van der Waals surface area contributed by atoms with Gasteiger partial charge in [0.2, 0.25) is 11.8 Å². The molecule has 13 nitrogen and oxygen atoms in total. The van der Waals surface area contributed by atoms with Crippen molar-refractivity contribution in [3.63, 3.8) is 0 Å². The van der Waals surface area contributed by atoms with Crippen molar-refractivity contribution in [3.8, 4) is 0 Å². The molecule has 0 spiro atoms. The summed E-state index contributed by atoms with van der Waals surface area (Å²) in [6.07, 6.45) is 2.51. The number of rotatable bonds is 16. The predicted molar refractivity (Wildman–Crippen MR) is 152 cm³/mol. The molecule has 0 bridgehead atoms. The molecule has 1 aromatic rings. The van der Waals surface area contributed by atoms with Crippen LogP contribution in [-0.2, 0) is 40.1 Å². The second-order valence-electron chi connectivity index (χ2n) is 10.6. The van der Waals surface area contributed by atoms with Crippen molar-refractivity contribution < 1.29 is 38.3 Å². The summed E-state index contributed by atoms with van der Waals surface area (Å²) >= 11 is 0. The number of anilines is 1. The number of nitrogens with two attached hydrogens (primary N) is 1. The number of carbonyl (C=O) groups excluding carboxylic acids is 7. The number of carbonyl (C=O) groups is 7.